The van der Waals surface area contributed by atoms with E-state index < -0.39 is 10.9 Å². The Morgan fingerprint density at radius 1 is 1.45 bits per heavy atom. The summed E-state index contributed by atoms with van der Waals surface area (Å²) in [6.45, 7) is 2.17. The van der Waals surface area contributed by atoms with Gasteiger partial charge in [0.05, 0.1) is 4.92 Å². The molecule has 0 bridgehead atoms. The normalized spacial score (nSPS) is 11.1. The van der Waals surface area contributed by atoms with E-state index in [0.717, 1.165) is 6.42 Å². The minimum Gasteiger partial charge on any atom is -0.457 e. The van der Waals surface area contributed by atoms with Crippen molar-refractivity contribution in [3.05, 3.63) is 52.2 Å². The van der Waals surface area contributed by atoms with Crippen molar-refractivity contribution in [3.8, 4) is 0 Å². The van der Waals surface area contributed by atoms with Crippen LogP contribution in [0.5, 0.6) is 0 Å². The van der Waals surface area contributed by atoms with Crippen LogP contribution < -0.4 is 0 Å². The van der Waals surface area contributed by atoms with Crippen LogP contribution in [-0.2, 0) is 4.74 Å². The van der Waals surface area contributed by atoms with E-state index in [1.54, 1.807) is 24.3 Å². The molecule has 0 saturated carbocycles. The van der Waals surface area contributed by atoms with Gasteiger partial charge < -0.3 is 9.72 Å². The summed E-state index contributed by atoms with van der Waals surface area (Å²) < 4.78 is 5.03. The predicted molar refractivity (Wildman–Crippen MR) is 74.7 cm³/mol. The first-order valence-corrected chi connectivity index (χ1v) is 6.21. The number of allylic oxidation sites excluding steroid dienone is 1. The van der Waals surface area contributed by atoms with Gasteiger partial charge in [-0.3, -0.25) is 10.1 Å². The number of H-pyrrole nitrogens is 1. The molecular formula is C14H14N2O4. The number of rotatable bonds is 5. The fourth-order valence-electron chi connectivity index (χ4n) is 1.84. The number of hydrogen-bond acceptors (Lipinski definition) is 4. The number of fused-ring (bicyclic) bond motifs is 1. The number of carbonyl (C=O) groups is 1. The van der Waals surface area contributed by atoms with E-state index >= 15 is 0 Å². The summed E-state index contributed by atoms with van der Waals surface area (Å²) in [5, 5.41) is 11.5. The molecule has 0 unspecified atom stereocenters. The second kappa shape index (κ2) is 6.01. The van der Waals surface area contributed by atoms with Gasteiger partial charge in [-0.05, 0) is 12.5 Å². The average molecular weight is 274 g/mol. The number of nitro benzene ring substituents is 1. The van der Waals surface area contributed by atoms with E-state index in [0.29, 0.717) is 10.9 Å². The maximum absolute atomic E-state index is 11.8. The molecule has 0 aliphatic carbocycles. The van der Waals surface area contributed by atoms with Gasteiger partial charge >= 0.3 is 5.97 Å². The summed E-state index contributed by atoms with van der Waals surface area (Å²) in [5.41, 5.74) is 0.472. The van der Waals surface area contributed by atoms with E-state index in [1.165, 1.54) is 6.07 Å². The monoisotopic (exact) mass is 274 g/mol. The largest absolute Gasteiger partial charge is 0.457 e. The minimum atomic E-state index is -0.531. The van der Waals surface area contributed by atoms with Gasteiger partial charge in [0, 0.05) is 11.5 Å². The average Bonchev–Trinajstić information content (AvgIpc) is 2.86. The molecule has 0 saturated heterocycles. The van der Waals surface area contributed by atoms with Gasteiger partial charge in [-0.1, -0.05) is 31.2 Å². The highest BCUT2D eigenvalue weighted by atomic mass is 16.6. The lowest BCUT2D eigenvalue weighted by Crippen LogP contribution is -2.05. The van der Waals surface area contributed by atoms with E-state index in [1.807, 2.05) is 13.0 Å². The summed E-state index contributed by atoms with van der Waals surface area (Å²) in [6, 6.07) is 6.21. The molecule has 0 aliphatic rings. The zero-order chi connectivity index (χ0) is 14.5. The number of hydrogen-bond donors (Lipinski definition) is 1. The number of benzene rings is 1. The maximum Gasteiger partial charge on any atom is 0.355 e. The smallest absolute Gasteiger partial charge is 0.355 e. The number of aromatic nitrogens is 1. The summed E-state index contributed by atoms with van der Waals surface area (Å²) >= 11 is 0. The molecule has 0 atom stereocenters. The van der Waals surface area contributed by atoms with E-state index in [4.69, 9.17) is 4.74 Å². The summed E-state index contributed by atoms with van der Waals surface area (Å²) in [6.07, 6.45) is 4.52. The van der Waals surface area contributed by atoms with Gasteiger partial charge in [-0.2, -0.15) is 0 Å². The van der Waals surface area contributed by atoms with Gasteiger partial charge in [0.25, 0.3) is 5.69 Å². The van der Waals surface area contributed by atoms with Gasteiger partial charge in [-0.15, -0.1) is 0 Å². The van der Waals surface area contributed by atoms with Crippen LogP contribution in [0.3, 0.4) is 0 Å². The van der Waals surface area contributed by atoms with Crippen LogP contribution in [0.2, 0.25) is 0 Å². The number of para-hydroxylation sites is 1. The lowest BCUT2D eigenvalue weighted by atomic mass is 10.2. The van der Waals surface area contributed by atoms with Crippen LogP contribution in [-0.4, -0.2) is 22.5 Å². The van der Waals surface area contributed by atoms with E-state index in [9.17, 15) is 14.9 Å². The molecule has 0 radical (unpaired) electrons. The molecule has 0 spiro atoms. The number of carbonyl (C=O) groups excluding carboxylic acids is 1. The second-order valence-electron chi connectivity index (χ2n) is 4.16. The Morgan fingerprint density at radius 3 is 2.95 bits per heavy atom. The molecule has 1 aromatic heterocycles. The molecule has 1 heterocycles. The third-order valence-electron chi connectivity index (χ3n) is 2.76. The molecule has 2 rings (SSSR count). The maximum atomic E-state index is 11.8. The van der Waals surface area contributed by atoms with Crippen molar-refractivity contribution in [2.24, 2.45) is 0 Å². The number of nitro groups is 1. The van der Waals surface area contributed by atoms with Crippen molar-refractivity contribution >= 4 is 22.6 Å². The SMILES string of the molecule is CC/C=C/COC(=O)c1cc2cccc([N+](=O)[O-])c2[nH]1. The molecule has 1 N–H and O–H groups in total. The predicted octanol–water partition coefficient (Wildman–Crippen LogP) is 3.20. The highest BCUT2D eigenvalue weighted by Crippen LogP contribution is 2.25. The Balaban J connectivity index is 2.23. The van der Waals surface area contributed by atoms with Crippen molar-refractivity contribution in [1.82, 2.24) is 4.98 Å². The Labute approximate surface area is 115 Å². The second-order valence-corrected chi connectivity index (χ2v) is 4.16. The van der Waals surface area contributed by atoms with Crippen molar-refractivity contribution in [3.63, 3.8) is 0 Å². The number of esters is 1. The van der Waals surface area contributed by atoms with Crippen LogP contribution in [0.25, 0.3) is 10.9 Å². The molecule has 0 amide bonds. The summed E-state index contributed by atoms with van der Waals surface area (Å²) in [4.78, 5) is 25.0. The van der Waals surface area contributed by atoms with Crippen molar-refractivity contribution in [2.45, 2.75) is 13.3 Å². The summed E-state index contributed by atoms with van der Waals surface area (Å²) in [5.74, 6) is -0.531. The van der Waals surface area contributed by atoms with E-state index in [-0.39, 0.29) is 18.0 Å². The molecule has 20 heavy (non-hydrogen) atoms. The molecule has 0 fully saturated rings. The Kier molecular flexibility index (Phi) is 4.14. The minimum absolute atomic E-state index is 0.0626. The quantitative estimate of drug-likeness (QED) is 0.392. The van der Waals surface area contributed by atoms with Crippen LogP contribution >= 0.6 is 0 Å². The van der Waals surface area contributed by atoms with Gasteiger partial charge in [-0.25, -0.2) is 4.79 Å². The third kappa shape index (κ3) is 2.85. The van der Waals surface area contributed by atoms with Crippen LogP contribution in [0.15, 0.2) is 36.4 Å². The molecular weight excluding hydrogens is 260 g/mol. The molecule has 2 aromatic rings. The fraction of sp³-hybridized carbons (Fsp3) is 0.214. The Bertz CT molecular complexity index is 673. The van der Waals surface area contributed by atoms with Gasteiger partial charge in [0.15, 0.2) is 0 Å². The third-order valence-corrected chi connectivity index (χ3v) is 2.76. The highest BCUT2D eigenvalue weighted by Gasteiger charge is 2.17. The molecule has 0 aliphatic heterocycles. The zero-order valence-corrected chi connectivity index (χ0v) is 11.0. The number of ether oxygens (including phenoxy) is 1. The van der Waals surface area contributed by atoms with Crippen LogP contribution in [0, 0.1) is 10.1 Å². The number of nitrogens with zero attached hydrogens (tertiary/aromatic N) is 1. The lowest BCUT2D eigenvalue weighted by Gasteiger charge is -1.98. The van der Waals surface area contributed by atoms with Gasteiger partial charge in [0.1, 0.15) is 17.8 Å². The summed E-state index contributed by atoms with van der Waals surface area (Å²) in [7, 11) is 0. The number of nitrogens with one attached hydrogen (secondary N) is 1. The zero-order valence-electron chi connectivity index (χ0n) is 11.0. The lowest BCUT2D eigenvalue weighted by molar-refractivity contribution is -0.383. The first kappa shape index (κ1) is 13.8. The molecule has 6 nitrogen and oxygen atoms in total. The molecule has 1 aromatic carbocycles. The molecule has 104 valence electrons. The fourth-order valence-corrected chi connectivity index (χ4v) is 1.84. The van der Waals surface area contributed by atoms with Crippen LogP contribution in [0.4, 0.5) is 5.69 Å². The van der Waals surface area contributed by atoms with E-state index in [2.05, 4.69) is 4.98 Å². The number of non-ortho nitro benzene ring substituents is 1. The molecule has 6 heteroatoms. The first-order chi connectivity index (χ1) is 9.63. The topological polar surface area (TPSA) is 85.2 Å². The van der Waals surface area contributed by atoms with Gasteiger partial charge in [0.2, 0.25) is 0 Å². The first-order valence-electron chi connectivity index (χ1n) is 6.21. The Morgan fingerprint density at radius 2 is 2.25 bits per heavy atom. The van der Waals surface area contributed by atoms with Crippen molar-refractivity contribution < 1.29 is 14.5 Å². The highest BCUT2D eigenvalue weighted by molar-refractivity contribution is 5.97. The van der Waals surface area contributed by atoms with Crippen molar-refractivity contribution in [1.29, 1.82) is 0 Å². The Hall–Kier alpha value is -2.63. The number of aromatic amines is 1. The standard InChI is InChI=1S/C14H14N2O4/c1-2-3-4-8-20-14(17)11-9-10-6-5-7-12(16(18)19)13(10)15-11/h3-7,9,15H,2,8H2,1H3/b4-3+. The van der Waals surface area contributed by atoms with Crippen molar-refractivity contribution in [2.75, 3.05) is 6.61 Å². The van der Waals surface area contributed by atoms with Crippen LogP contribution in [0.1, 0.15) is 23.8 Å².